The van der Waals surface area contributed by atoms with Crippen molar-refractivity contribution in [1.29, 1.82) is 0 Å². The quantitative estimate of drug-likeness (QED) is 0.537. The maximum atomic E-state index is 9.29. The summed E-state index contributed by atoms with van der Waals surface area (Å²) in [6.07, 6.45) is 0.859. The zero-order valence-electron chi connectivity index (χ0n) is 14.7. The molecule has 4 nitrogen and oxygen atoms in total. The van der Waals surface area contributed by atoms with E-state index in [1.54, 1.807) is 19.2 Å². The molecule has 26 heavy (non-hydrogen) atoms. The lowest BCUT2D eigenvalue weighted by atomic mass is 10.1. The van der Waals surface area contributed by atoms with E-state index in [1.165, 1.54) is 0 Å². The van der Waals surface area contributed by atoms with Crippen LogP contribution in [0.2, 0.25) is 10.0 Å². The molecule has 0 fully saturated rings. The van der Waals surface area contributed by atoms with Gasteiger partial charge in [-0.2, -0.15) is 0 Å². The lowest BCUT2D eigenvalue weighted by molar-refractivity contribution is 0.238. The highest BCUT2D eigenvalue weighted by atomic mass is 79.9. The van der Waals surface area contributed by atoms with Gasteiger partial charge in [-0.1, -0.05) is 36.2 Å². The molecule has 0 saturated carbocycles. The summed E-state index contributed by atoms with van der Waals surface area (Å²) in [5.41, 5.74) is 1.86. The molecule has 0 saturated heterocycles. The zero-order valence-corrected chi connectivity index (χ0v) is 17.8. The molecular weight excluding hydrogens is 441 g/mol. The Morgan fingerprint density at radius 1 is 1.23 bits per heavy atom. The topological polar surface area (TPSA) is 50.7 Å². The van der Waals surface area contributed by atoms with Crippen molar-refractivity contribution in [2.45, 2.75) is 32.5 Å². The smallest absolute Gasteiger partial charge is 0.175 e. The Labute approximate surface area is 172 Å². The van der Waals surface area contributed by atoms with Gasteiger partial charge in [0, 0.05) is 28.2 Å². The van der Waals surface area contributed by atoms with Gasteiger partial charge in [-0.3, -0.25) is 0 Å². The standard InChI is InChI=1S/C19H22BrCl2NO3/c1-3-15(10-24)23-9-12-6-16(20)19(18(7-12)25-2)26-11-13-4-5-14(21)8-17(13)22/h4-8,15,23-24H,3,9-11H2,1-2H3/t15-/m1/s1. The number of nitrogens with one attached hydrogen (secondary N) is 1. The highest BCUT2D eigenvalue weighted by Gasteiger charge is 2.14. The Morgan fingerprint density at radius 2 is 2.00 bits per heavy atom. The van der Waals surface area contributed by atoms with Crippen molar-refractivity contribution >= 4 is 39.1 Å². The van der Waals surface area contributed by atoms with Gasteiger partial charge in [0.2, 0.25) is 0 Å². The number of aliphatic hydroxyl groups is 1. The summed E-state index contributed by atoms with van der Waals surface area (Å²) in [6.45, 7) is 3.06. The number of methoxy groups -OCH3 is 1. The van der Waals surface area contributed by atoms with E-state index in [0.717, 1.165) is 22.0 Å². The number of aliphatic hydroxyl groups excluding tert-OH is 1. The molecule has 1 atom stereocenters. The summed E-state index contributed by atoms with van der Waals surface area (Å²) < 4.78 is 12.2. The molecule has 0 aliphatic heterocycles. The number of rotatable bonds is 9. The largest absolute Gasteiger partial charge is 0.493 e. The van der Waals surface area contributed by atoms with Gasteiger partial charge in [-0.15, -0.1) is 0 Å². The third-order valence-electron chi connectivity index (χ3n) is 3.98. The van der Waals surface area contributed by atoms with E-state index < -0.39 is 0 Å². The molecule has 0 radical (unpaired) electrons. The Morgan fingerprint density at radius 3 is 2.62 bits per heavy atom. The number of hydrogen-bond donors (Lipinski definition) is 2. The van der Waals surface area contributed by atoms with Gasteiger partial charge in [0.1, 0.15) is 6.61 Å². The first-order valence-electron chi connectivity index (χ1n) is 8.25. The summed E-state index contributed by atoms with van der Waals surface area (Å²) in [6, 6.07) is 9.26. The summed E-state index contributed by atoms with van der Waals surface area (Å²) in [5.74, 6) is 1.23. The summed E-state index contributed by atoms with van der Waals surface area (Å²) in [5, 5.41) is 13.7. The van der Waals surface area contributed by atoms with E-state index in [2.05, 4.69) is 21.2 Å². The van der Waals surface area contributed by atoms with Crippen molar-refractivity contribution in [3.05, 3.63) is 56.0 Å². The summed E-state index contributed by atoms with van der Waals surface area (Å²) >= 11 is 15.7. The fraction of sp³-hybridized carbons (Fsp3) is 0.368. The van der Waals surface area contributed by atoms with Crippen LogP contribution in [0.5, 0.6) is 11.5 Å². The van der Waals surface area contributed by atoms with Crippen molar-refractivity contribution in [3.63, 3.8) is 0 Å². The van der Waals surface area contributed by atoms with Crippen LogP contribution in [-0.4, -0.2) is 24.9 Å². The lowest BCUT2D eigenvalue weighted by Gasteiger charge is -2.17. The molecule has 0 amide bonds. The average Bonchev–Trinajstić information content (AvgIpc) is 2.62. The summed E-state index contributed by atoms with van der Waals surface area (Å²) in [7, 11) is 1.60. The monoisotopic (exact) mass is 461 g/mol. The predicted molar refractivity (Wildman–Crippen MR) is 109 cm³/mol. The molecule has 0 unspecified atom stereocenters. The van der Waals surface area contributed by atoms with Gasteiger partial charge in [0.05, 0.1) is 18.2 Å². The molecule has 2 aromatic rings. The lowest BCUT2D eigenvalue weighted by Crippen LogP contribution is -2.31. The first-order valence-corrected chi connectivity index (χ1v) is 9.80. The van der Waals surface area contributed by atoms with E-state index in [1.807, 2.05) is 25.1 Å². The van der Waals surface area contributed by atoms with Gasteiger partial charge in [-0.05, 0) is 52.2 Å². The number of hydrogen-bond acceptors (Lipinski definition) is 4. The van der Waals surface area contributed by atoms with Gasteiger partial charge in [-0.25, -0.2) is 0 Å². The molecule has 2 N–H and O–H groups in total. The van der Waals surface area contributed by atoms with E-state index in [4.69, 9.17) is 32.7 Å². The molecule has 7 heteroatoms. The molecule has 142 valence electrons. The minimum atomic E-state index is 0.0720. The average molecular weight is 463 g/mol. The molecule has 0 aromatic heterocycles. The van der Waals surface area contributed by atoms with Crippen molar-refractivity contribution in [1.82, 2.24) is 5.32 Å². The van der Waals surface area contributed by atoms with E-state index in [9.17, 15) is 5.11 Å². The molecule has 2 rings (SSSR count). The maximum Gasteiger partial charge on any atom is 0.175 e. The van der Waals surface area contributed by atoms with Crippen LogP contribution in [0.1, 0.15) is 24.5 Å². The van der Waals surface area contributed by atoms with E-state index >= 15 is 0 Å². The normalized spacial score (nSPS) is 12.1. The van der Waals surface area contributed by atoms with Crippen LogP contribution in [0.3, 0.4) is 0 Å². The van der Waals surface area contributed by atoms with E-state index in [0.29, 0.717) is 34.7 Å². The Kier molecular flexibility index (Phi) is 8.51. The highest BCUT2D eigenvalue weighted by molar-refractivity contribution is 9.10. The van der Waals surface area contributed by atoms with Gasteiger partial charge >= 0.3 is 0 Å². The second kappa shape index (κ2) is 10.4. The Hall–Kier alpha value is -0.980. The fourth-order valence-electron chi connectivity index (χ4n) is 2.40. The molecule has 0 spiro atoms. The third-order valence-corrected chi connectivity index (χ3v) is 5.16. The molecular formula is C19H22BrCl2NO3. The Balaban J connectivity index is 2.13. The third kappa shape index (κ3) is 5.76. The second-order valence-corrected chi connectivity index (χ2v) is 7.50. The Bertz CT molecular complexity index is 739. The van der Waals surface area contributed by atoms with Crippen LogP contribution in [-0.2, 0) is 13.2 Å². The van der Waals surface area contributed by atoms with Crippen molar-refractivity contribution in [3.8, 4) is 11.5 Å². The van der Waals surface area contributed by atoms with Crippen molar-refractivity contribution in [2.75, 3.05) is 13.7 Å². The van der Waals surface area contributed by atoms with Gasteiger partial charge in [0.25, 0.3) is 0 Å². The summed E-state index contributed by atoms with van der Waals surface area (Å²) in [4.78, 5) is 0. The molecule has 0 bridgehead atoms. The van der Waals surface area contributed by atoms with Gasteiger partial charge in [0.15, 0.2) is 11.5 Å². The predicted octanol–water partition coefficient (Wildman–Crippen LogP) is 5.20. The first kappa shape index (κ1) is 21.3. The van der Waals surface area contributed by atoms with Crippen molar-refractivity contribution < 1.29 is 14.6 Å². The molecule has 2 aromatic carbocycles. The van der Waals surface area contributed by atoms with Crippen LogP contribution in [0, 0.1) is 0 Å². The van der Waals surface area contributed by atoms with Gasteiger partial charge < -0.3 is 19.9 Å². The molecule has 0 aliphatic carbocycles. The van der Waals surface area contributed by atoms with Crippen LogP contribution in [0.25, 0.3) is 0 Å². The SMILES string of the molecule is CC[C@H](CO)NCc1cc(Br)c(OCc2ccc(Cl)cc2Cl)c(OC)c1. The zero-order chi connectivity index (χ0) is 19.1. The van der Waals surface area contributed by atoms with Crippen molar-refractivity contribution in [2.24, 2.45) is 0 Å². The highest BCUT2D eigenvalue weighted by Crippen LogP contribution is 2.37. The fourth-order valence-corrected chi connectivity index (χ4v) is 3.47. The number of ether oxygens (including phenoxy) is 2. The molecule has 0 heterocycles. The maximum absolute atomic E-state index is 9.29. The second-order valence-electron chi connectivity index (χ2n) is 5.80. The van der Waals surface area contributed by atoms with Crippen LogP contribution >= 0.6 is 39.1 Å². The van der Waals surface area contributed by atoms with Crippen LogP contribution < -0.4 is 14.8 Å². The van der Waals surface area contributed by atoms with Crippen LogP contribution in [0.4, 0.5) is 0 Å². The minimum absolute atomic E-state index is 0.0720. The first-order chi connectivity index (χ1) is 12.5. The van der Waals surface area contributed by atoms with Crippen LogP contribution in [0.15, 0.2) is 34.8 Å². The number of benzene rings is 2. The number of halogens is 3. The van der Waals surface area contributed by atoms with E-state index in [-0.39, 0.29) is 12.6 Å². The molecule has 0 aliphatic rings. The minimum Gasteiger partial charge on any atom is -0.493 e.